The molecule has 0 aromatic carbocycles. The van der Waals surface area contributed by atoms with Crippen molar-refractivity contribution in [2.75, 3.05) is 6.61 Å². The third kappa shape index (κ3) is 1.95. The van der Waals surface area contributed by atoms with Gasteiger partial charge in [0.25, 0.3) is 5.72 Å². The Morgan fingerprint density at radius 3 is 2.50 bits per heavy atom. The molecule has 0 aromatic heterocycles. The molecule has 0 saturated carbocycles. The van der Waals surface area contributed by atoms with Gasteiger partial charge in [-0.05, 0) is 0 Å². The summed E-state index contributed by atoms with van der Waals surface area (Å²) in [4.78, 5) is 21.1. The largest absolute Gasteiger partial charge is 0.491 e. The third-order valence-electron chi connectivity index (χ3n) is 1.56. The molecule has 8 heteroatoms. The average Bonchev–Trinajstić information content (AvgIpc) is 2.30. The Morgan fingerprint density at radius 1 is 1.57 bits per heavy atom. The molecule has 1 unspecified atom stereocenters. The van der Waals surface area contributed by atoms with E-state index in [2.05, 4.69) is 9.47 Å². The van der Waals surface area contributed by atoms with E-state index in [0.29, 0.717) is 0 Å². The van der Waals surface area contributed by atoms with E-state index in [1.807, 2.05) is 0 Å². The molecular formula is C6H6F3NO4. The highest BCUT2D eigenvalue weighted by molar-refractivity contribution is 5.85. The van der Waals surface area contributed by atoms with E-state index in [1.54, 1.807) is 0 Å². The summed E-state index contributed by atoms with van der Waals surface area (Å²) in [5.74, 6) is -3.67. The van der Waals surface area contributed by atoms with Crippen molar-refractivity contribution in [3.8, 4) is 0 Å². The van der Waals surface area contributed by atoms with E-state index in [1.165, 1.54) is 0 Å². The topological polar surface area (TPSA) is 78.6 Å². The molecule has 0 bridgehead atoms. The van der Waals surface area contributed by atoms with Crippen molar-refractivity contribution in [1.29, 1.82) is 0 Å². The summed E-state index contributed by atoms with van der Waals surface area (Å²) in [7, 11) is 0. The van der Waals surface area contributed by atoms with Gasteiger partial charge in [0, 0.05) is 6.42 Å². The monoisotopic (exact) mass is 213 g/mol. The van der Waals surface area contributed by atoms with Crippen LogP contribution in [0.4, 0.5) is 13.2 Å². The molecule has 1 heterocycles. The summed E-state index contributed by atoms with van der Waals surface area (Å²) < 4.78 is 43.2. The fraction of sp³-hybridized carbons (Fsp3) is 0.667. The number of alkyl halides is 3. The quantitative estimate of drug-likeness (QED) is 0.477. The molecule has 1 fully saturated rings. The summed E-state index contributed by atoms with van der Waals surface area (Å²) >= 11 is 0. The van der Waals surface area contributed by atoms with Gasteiger partial charge in [-0.2, -0.15) is 13.2 Å². The number of hydrogen-bond donors (Lipinski definition) is 1. The van der Waals surface area contributed by atoms with Crippen molar-refractivity contribution < 1.29 is 32.2 Å². The lowest BCUT2D eigenvalue weighted by molar-refractivity contribution is -0.214. The van der Waals surface area contributed by atoms with Crippen molar-refractivity contribution in [3.05, 3.63) is 0 Å². The maximum atomic E-state index is 11.7. The second-order valence-corrected chi connectivity index (χ2v) is 2.66. The smallest absolute Gasteiger partial charge is 0.461 e. The Balaban J connectivity index is 2.69. The first-order valence-corrected chi connectivity index (χ1v) is 3.52. The Labute approximate surface area is 75.9 Å². The van der Waals surface area contributed by atoms with Gasteiger partial charge in [0.1, 0.15) is 0 Å². The van der Waals surface area contributed by atoms with Crippen molar-refractivity contribution in [3.63, 3.8) is 0 Å². The SMILES string of the molecule is NC1(OC(=O)C(F)(F)F)CCOC1=O. The predicted molar refractivity (Wildman–Crippen MR) is 34.6 cm³/mol. The number of rotatable bonds is 1. The van der Waals surface area contributed by atoms with Crippen LogP contribution in [-0.2, 0) is 19.1 Å². The average molecular weight is 213 g/mol. The van der Waals surface area contributed by atoms with Gasteiger partial charge < -0.3 is 9.47 Å². The van der Waals surface area contributed by atoms with Crippen molar-refractivity contribution >= 4 is 11.9 Å². The predicted octanol–water partition coefficient (Wildman–Crippen LogP) is -0.306. The van der Waals surface area contributed by atoms with E-state index in [9.17, 15) is 22.8 Å². The van der Waals surface area contributed by atoms with Crippen LogP contribution >= 0.6 is 0 Å². The number of carbonyl (C=O) groups excluding carboxylic acids is 2. The van der Waals surface area contributed by atoms with Crippen LogP contribution in [0.15, 0.2) is 0 Å². The molecule has 1 aliphatic heterocycles. The van der Waals surface area contributed by atoms with Gasteiger partial charge in [0.2, 0.25) is 0 Å². The fourth-order valence-corrected chi connectivity index (χ4v) is 0.836. The summed E-state index contributed by atoms with van der Waals surface area (Å²) in [5.41, 5.74) is 2.78. The second kappa shape index (κ2) is 3.12. The number of halogens is 3. The molecule has 0 aliphatic carbocycles. The van der Waals surface area contributed by atoms with Crippen LogP contribution in [0.2, 0.25) is 0 Å². The maximum Gasteiger partial charge on any atom is 0.491 e. The summed E-state index contributed by atoms with van der Waals surface area (Å²) in [6, 6.07) is 0. The minimum atomic E-state index is -5.17. The zero-order valence-corrected chi connectivity index (χ0v) is 6.76. The standard InChI is InChI=1S/C6H6F3NO4/c7-6(8,9)4(12)14-5(10)1-2-13-3(5)11/h1-2,10H2. The van der Waals surface area contributed by atoms with Crippen LogP contribution in [0.25, 0.3) is 0 Å². The number of hydrogen-bond acceptors (Lipinski definition) is 5. The number of nitrogens with two attached hydrogens (primary N) is 1. The molecule has 0 aromatic rings. The number of cyclic esters (lactones) is 1. The Bertz CT molecular complexity index is 277. The van der Waals surface area contributed by atoms with Gasteiger partial charge in [0.05, 0.1) is 6.61 Å². The lowest BCUT2D eigenvalue weighted by Crippen LogP contribution is -2.50. The summed E-state index contributed by atoms with van der Waals surface area (Å²) in [5, 5.41) is 0. The number of carbonyl (C=O) groups is 2. The second-order valence-electron chi connectivity index (χ2n) is 2.66. The lowest BCUT2D eigenvalue weighted by atomic mass is 10.2. The highest BCUT2D eigenvalue weighted by Crippen LogP contribution is 2.24. The molecule has 0 amide bonds. The Morgan fingerprint density at radius 2 is 2.14 bits per heavy atom. The minimum Gasteiger partial charge on any atom is -0.461 e. The molecule has 1 atom stereocenters. The van der Waals surface area contributed by atoms with Crippen molar-refractivity contribution in [2.24, 2.45) is 5.73 Å². The molecule has 1 aliphatic rings. The van der Waals surface area contributed by atoms with Gasteiger partial charge in [-0.3, -0.25) is 5.73 Å². The zero-order chi connectivity index (χ0) is 11.0. The van der Waals surface area contributed by atoms with Crippen LogP contribution in [0.3, 0.4) is 0 Å². The molecule has 1 saturated heterocycles. The van der Waals surface area contributed by atoms with Crippen molar-refractivity contribution in [2.45, 2.75) is 18.3 Å². The molecule has 14 heavy (non-hydrogen) atoms. The maximum absolute atomic E-state index is 11.7. The molecule has 0 spiro atoms. The van der Waals surface area contributed by atoms with Gasteiger partial charge in [-0.1, -0.05) is 0 Å². The number of ether oxygens (including phenoxy) is 2. The van der Waals surface area contributed by atoms with Crippen LogP contribution < -0.4 is 5.73 Å². The molecule has 1 rings (SSSR count). The van der Waals surface area contributed by atoms with Crippen LogP contribution in [-0.4, -0.2) is 30.4 Å². The highest BCUT2D eigenvalue weighted by Gasteiger charge is 2.51. The lowest BCUT2D eigenvalue weighted by Gasteiger charge is -2.19. The third-order valence-corrected chi connectivity index (χ3v) is 1.56. The molecule has 80 valence electrons. The van der Waals surface area contributed by atoms with Crippen molar-refractivity contribution in [1.82, 2.24) is 0 Å². The molecule has 5 nitrogen and oxygen atoms in total. The van der Waals surface area contributed by atoms with E-state index in [-0.39, 0.29) is 13.0 Å². The highest BCUT2D eigenvalue weighted by atomic mass is 19.4. The van der Waals surface area contributed by atoms with Crippen LogP contribution in [0.5, 0.6) is 0 Å². The normalized spacial score (nSPS) is 27.3. The van der Waals surface area contributed by atoms with Crippen LogP contribution in [0, 0.1) is 0 Å². The Kier molecular flexibility index (Phi) is 2.40. The Hall–Kier alpha value is -1.31. The van der Waals surface area contributed by atoms with E-state index >= 15 is 0 Å². The van der Waals surface area contributed by atoms with E-state index < -0.39 is 23.8 Å². The first kappa shape index (κ1) is 10.8. The fourth-order valence-electron chi connectivity index (χ4n) is 0.836. The van der Waals surface area contributed by atoms with Gasteiger partial charge in [-0.15, -0.1) is 0 Å². The first-order valence-electron chi connectivity index (χ1n) is 3.52. The summed E-state index contributed by atoms with van der Waals surface area (Å²) in [6.07, 6.45) is -5.46. The molecular weight excluding hydrogens is 207 g/mol. The van der Waals surface area contributed by atoms with Crippen LogP contribution in [0.1, 0.15) is 6.42 Å². The number of esters is 2. The molecule has 0 radical (unpaired) electrons. The van der Waals surface area contributed by atoms with Gasteiger partial charge in [0.15, 0.2) is 0 Å². The molecule has 2 N–H and O–H groups in total. The zero-order valence-electron chi connectivity index (χ0n) is 6.76. The van der Waals surface area contributed by atoms with E-state index in [0.717, 1.165) is 0 Å². The first-order chi connectivity index (χ1) is 6.26. The van der Waals surface area contributed by atoms with E-state index in [4.69, 9.17) is 5.73 Å². The summed E-state index contributed by atoms with van der Waals surface area (Å²) in [6.45, 7) is -0.166. The minimum absolute atomic E-state index is 0.166. The van der Waals surface area contributed by atoms with Gasteiger partial charge >= 0.3 is 18.1 Å². The van der Waals surface area contributed by atoms with Gasteiger partial charge in [-0.25, -0.2) is 9.59 Å².